The van der Waals surface area contributed by atoms with Crippen molar-refractivity contribution in [2.24, 2.45) is 5.10 Å². The number of aromatic nitrogens is 2. The average molecular weight is 270 g/mol. The van der Waals surface area contributed by atoms with Crippen LogP contribution in [0.5, 0.6) is 0 Å². The van der Waals surface area contributed by atoms with Gasteiger partial charge in [-0.15, -0.1) is 0 Å². The van der Waals surface area contributed by atoms with Crippen molar-refractivity contribution in [1.82, 2.24) is 9.97 Å². The van der Waals surface area contributed by atoms with Gasteiger partial charge >= 0.3 is 0 Å². The van der Waals surface area contributed by atoms with Gasteiger partial charge in [-0.3, -0.25) is 9.78 Å². The van der Waals surface area contributed by atoms with E-state index in [2.05, 4.69) is 20.5 Å². The maximum absolute atomic E-state index is 11.5. The van der Waals surface area contributed by atoms with Crippen LogP contribution in [0.4, 0.5) is 5.95 Å². The van der Waals surface area contributed by atoms with Crippen LogP contribution in [0.1, 0.15) is 30.2 Å². The van der Waals surface area contributed by atoms with E-state index in [1.165, 1.54) is 6.07 Å². The molecule has 0 aliphatic rings. The van der Waals surface area contributed by atoms with Crippen LogP contribution in [0.2, 0.25) is 0 Å². The number of aromatic amines is 1. The van der Waals surface area contributed by atoms with Crippen LogP contribution in [0, 0.1) is 6.92 Å². The lowest BCUT2D eigenvalue weighted by Gasteiger charge is -2.02. The second-order valence-electron chi connectivity index (χ2n) is 4.56. The first-order valence-electron chi connectivity index (χ1n) is 6.64. The maximum Gasteiger partial charge on any atom is 0.252 e. The molecule has 1 aromatic carbocycles. The zero-order chi connectivity index (χ0) is 14.4. The number of nitrogens with zero attached hydrogens (tertiary/aromatic N) is 2. The molecule has 2 aromatic rings. The smallest absolute Gasteiger partial charge is 0.252 e. The van der Waals surface area contributed by atoms with E-state index in [4.69, 9.17) is 0 Å². The molecule has 2 N–H and O–H groups in total. The molecule has 5 heteroatoms. The summed E-state index contributed by atoms with van der Waals surface area (Å²) in [5.41, 5.74) is 5.52. The number of hydrazone groups is 1. The van der Waals surface area contributed by atoms with Crippen molar-refractivity contribution in [2.45, 2.75) is 26.7 Å². The van der Waals surface area contributed by atoms with Gasteiger partial charge in [0.25, 0.3) is 5.56 Å². The normalized spacial score (nSPS) is 10.9. The second kappa shape index (κ2) is 6.65. The van der Waals surface area contributed by atoms with Crippen LogP contribution >= 0.6 is 0 Å². The summed E-state index contributed by atoms with van der Waals surface area (Å²) < 4.78 is 0. The fourth-order valence-electron chi connectivity index (χ4n) is 1.84. The highest BCUT2D eigenvalue weighted by Gasteiger charge is 1.99. The summed E-state index contributed by atoms with van der Waals surface area (Å²) in [5.74, 6) is 0.366. The summed E-state index contributed by atoms with van der Waals surface area (Å²) >= 11 is 0. The molecule has 20 heavy (non-hydrogen) atoms. The van der Waals surface area contributed by atoms with Gasteiger partial charge in [-0.25, -0.2) is 10.4 Å². The topological polar surface area (TPSA) is 70.1 Å². The minimum Gasteiger partial charge on any atom is -0.291 e. The van der Waals surface area contributed by atoms with E-state index in [0.29, 0.717) is 5.95 Å². The Balaban J connectivity index is 2.11. The van der Waals surface area contributed by atoms with Gasteiger partial charge in [0, 0.05) is 11.8 Å². The molecule has 0 amide bonds. The van der Waals surface area contributed by atoms with Gasteiger partial charge in [0.1, 0.15) is 0 Å². The number of aryl methyl sites for hydroxylation is 2. The van der Waals surface area contributed by atoms with Gasteiger partial charge in [-0.2, -0.15) is 5.10 Å². The predicted octanol–water partition coefficient (Wildman–Crippen LogP) is 2.48. The van der Waals surface area contributed by atoms with E-state index in [0.717, 1.165) is 29.7 Å². The first-order valence-corrected chi connectivity index (χ1v) is 6.64. The van der Waals surface area contributed by atoms with Crippen LogP contribution < -0.4 is 11.0 Å². The Morgan fingerprint density at radius 1 is 1.40 bits per heavy atom. The van der Waals surface area contributed by atoms with Crippen LogP contribution in [-0.4, -0.2) is 16.2 Å². The molecule has 0 spiro atoms. The van der Waals surface area contributed by atoms with Gasteiger partial charge in [0.2, 0.25) is 5.95 Å². The number of hydrogen-bond acceptors (Lipinski definition) is 4. The highest BCUT2D eigenvalue weighted by Crippen LogP contribution is 2.04. The van der Waals surface area contributed by atoms with Gasteiger partial charge in [0.15, 0.2) is 0 Å². The third kappa shape index (κ3) is 3.78. The molecule has 5 nitrogen and oxygen atoms in total. The molecular weight excluding hydrogens is 252 g/mol. The maximum atomic E-state index is 11.5. The van der Waals surface area contributed by atoms with Crippen molar-refractivity contribution in [1.29, 1.82) is 0 Å². The zero-order valence-corrected chi connectivity index (χ0v) is 11.7. The van der Waals surface area contributed by atoms with Crippen molar-refractivity contribution >= 4 is 12.2 Å². The van der Waals surface area contributed by atoms with Gasteiger partial charge < -0.3 is 0 Å². The molecule has 1 aromatic heterocycles. The largest absolute Gasteiger partial charge is 0.291 e. The lowest BCUT2D eigenvalue weighted by atomic mass is 10.1. The Morgan fingerprint density at radius 3 is 2.95 bits per heavy atom. The fourth-order valence-corrected chi connectivity index (χ4v) is 1.84. The Labute approximate surface area is 117 Å². The quantitative estimate of drug-likeness (QED) is 0.647. The highest BCUT2D eigenvalue weighted by atomic mass is 16.1. The summed E-state index contributed by atoms with van der Waals surface area (Å²) in [4.78, 5) is 18.4. The van der Waals surface area contributed by atoms with Crippen molar-refractivity contribution in [3.63, 3.8) is 0 Å². The third-order valence-electron chi connectivity index (χ3n) is 2.86. The van der Waals surface area contributed by atoms with E-state index in [1.807, 2.05) is 38.1 Å². The minimum absolute atomic E-state index is 0.169. The fraction of sp³-hybridized carbons (Fsp3) is 0.267. The summed E-state index contributed by atoms with van der Waals surface area (Å²) in [7, 11) is 0. The second-order valence-corrected chi connectivity index (χ2v) is 4.56. The molecule has 0 bridgehead atoms. The Bertz CT molecular complexity index is 661. The molecule has 0 aliphatic heterocycles. The van der Waals surface area contributed by atoms with E-state index in [1.54, 1.807) is 6.21 Å². The minimum atomic E-state index is -0.169. The first kappa shape index (κ1) is 14.0. The van der Waals surface area contributed by atoms with Crippen molar-refractivity contribution < 1.29 is 0 Å². The van der Waals surface area contributed by atoms with Crippen LogP contribution in [-0.2, 0) is 6.42 Å². The highest BCUT2D eigenvalue weighted by molar-refractivity contribution is 5.81. The molecule has 0 saturated carbocycles. The van der Waals surface area contributed by atoms with Crippen molar-refractivity contribution in [2.75, 3.05) is 5.43 Å². The number of rotatable bonds is 5. The summed E-state index contributed by atoms with van der Waals surface area (Å²) in [6, 6.07) is 9.44. The molecule has 0 fully saturated rings. The van der Waals surface area contributed by atoms with E-state index < -0.39 is 0 Å². The average Bonchev–Trinajstić information content (AvgIpc) is 2.41. The van der Waals surface area contributed by atoms with Crippen LogP contribution in [0.25, 0.3) is 0 Å². The molecule has 2 rings (SSSR count). The molecular formula is C15H18N4O. The van der Waals surface area contributed by atoms with E-state index >= 15 is 0 Å². The van der Waals surface area contributed by atoms with Crippen LogP contribution in [0.15, 0.2) is 40.2 Å². The third-order valence-corrected chi connectivity index (χ3v) is 2.86. The Morgan fingerprint density at radius 2 is 2.20 bits per heavy atom. The van der Waals surface area contributed by atoms with E-state index in [-0.39, 0.29) is 5.56 Å². The van der Waals surface area contributed by atoms with E-state index in [9.17, 15) is 4.79 Å². The first-order chi connectivity index (χ1) is 9.69. The standard InChI is InChI=1S/C15H18N4O/c1-3-6-13-9-14(20)18-15(17-13)19-16-10-12-8-5-4-7-11(12)2/h4-5,7-10H,3,6H2,1-2H3,(H2,17,18,19,20)/b16-10+. The summed E-state index contributed by atoms with van der Waals surface area (Å²) in [6.45, 7) is 4.07. The number of nitrogens with one attached hydrogen (secondary N) is 2. The van der Waals surface area contributed by atoms with Crippen LogP contribution in [0.3, 0.4) is 0 Å². The number of H-pyrrole nitrogens is 1. The Kier molecular flexibility index (Phi) is 4.65. The molecule has 0 aliphatic carbocycles. The lowest BCUT2D eigenvalue weighted by molar-refractivity contribution is 0.867. The molecule has 104 valence electrons. The van der Waals surface area contributed by atoms with Crippen molar-refractivity contribution in [3.05, 3.63) is 57.5 Å². The summed E-state index contributed by atoms with van der Waals surface area (Å²) in [6.07, 6.45) is 3.43. The zero-order valence-electron chi connectivity index (χ0n) is 11.7. The lowest BCUT2D eigenvalue weighted by Crippen LogP contribution is -2.12. The van der Waals surface area contributed by atoms with Gasteiger partial charge in [0.05, 0.1) is 6.21 Å². The molecule has 0 saturated heterocycles. The number of benzene rings is 1. The SMILES string of the molecule is CCCc1cc(=O)[nH]c(N/N=C/c2ccccc2C)n1. The predicted molar refractivity (Wildman–Crippen MR) is 81.2 cm³/mol. The van der Waals surface area contributed by atoms with Gasteiger partial charge in [-0.1, -0.05) is 37.6 Å². The van der Waals surface area contributed by atoms with Crippen molar-refractivity contribution in [3.8, 4) is 0 Å². The number of hydrogen-bond donors (Lipinski definition) is 2. The van der Waals surface area contributed by atoms with Gasteiger partial charge in [-0.05, 0) is 24.5 Å². The molecule has 1 heterocycles. The number of anilines is 1. The molecule has 0 radical (unpaired) electrons. The summed E-state index contributed by atoms with van der Waals surface area (Å²) in [5, 5.41) is 4.11. The molecule has 0 unspecified atom stereocenters. The monoisotopic (exact) mass is 270 g/mol. The Hall–Kier alpha value is -2.43. The molecule has 0 atom stereocenters.